The minimum absolute atomic E-state index is 0.562. The first kappa shape index (κ1) is 8.18. The van der Waals surface area contributed by atoms with Crippen LogP contribution in [0.4, 0.5) is 0 Å². The Hall–Kier alpha value is -1.92. The monoisotopic (exact) mass is 171 g/mol. The third-order valence-corrected chi connectivity index (χ3v) is 1.40. The summed E-state index contributed by atoms with van der Waals surface area (Å²) >= 11 is 0. The van der Waals surface area contributed by atoms with Crippen LogP contribution in [0.15, 0.2) is 5.16 Å². The van der Waals surface area contributed by atoms with Gasteiger partial charge in [0.05, 0.1) is 0 Å². The van der Waals surface area contributed by atoms with Crippen LogP contribution in [0.1, 0.15) is 0 Å². The summed E-state index contributed by atoms with van der Waals surface area (Å²) in [5, 5.41) is 12.5. The molecule has 1 aliphatic rings. The van der Waals surface area contributed by atoms with E-state index in [0.29, 0.717) is 0 Å². The normalized spacial score (nSPS) is 26.0. The van der Waals surface area contributed by atoms with E-state index < -0.39 is 29.4 Å². The van der Waals surface area contributed by atoms with Gasteiger partial charge in [-0.3, -0.25) is 19.7 Å². The number of hydrogen-bond acceptors (Lipinski definition) is 5. The summed E-state index contributed by atoms with van der Waals surface area (Å²) < 4.78 is 0. The van der Waals surface area contributed by atoms with Gasteiger partial charge >= 0.3 is 0 Å². The van der Waals surface area contributed by atoms with Gasteiger partial charge in [-0.15, -0.1) is 0 Å². The van der Waals surface area contributed by atoms with Crippen LogP contribution in [0.25, 0.3) is 0 Å². The number of nitrogens with two attached hydrogens (primary N) is 1. The maximum absolute atomic E-state index is 10.8. The van der Waals surface area contributed by atoms with Crippen molar-refractivity contribution >= 4 is 23.4 Å². The van der Waals surface area contributed by atoms with Crippen LogP contribution in [-0.4, -0.2) is 28.6 Å². The summed E-state index contributed by atoms with van der Waals surface area (Å²) in [6.45, 7) is 0. The number of amides is 3. The van der Waals surface area contributed by atoms with E-state index in [-0.39, 0.29) is 0 Å². The molecule has 0 aromatic rings. The van der Waals surface area contributed by atoms with E-state index in [2.05, 4.69) is 5.16 Å². The van der Waals surface area contributed by atoms with Gasteiger partial charge in [0.1, 0.15) is 0 Å². The highest BCUT2D eigenvalue weighted by Crippen LogP contribution is 2.07. The van der Waals surface area contributed by atoms with E-state index in [1.54, 1.807) is 5.32 Å². The second-order valence-electron chi connectivity index (χ2n) is 2.14. The zero-order chi connectivity index (χ0) is 9.30. The van der Waals surface area contributed by atoms with E-state index in [1.165, 1.54) is 0 Å². The van der Waals surface area contributed by atoms with E-state index in [0.717, 1.165) is 0 Å². The van der Waals surface area contributed by atoms with Gasteiger partial charge < -0.3 is 10.9 Å². The molecule has 0 saturated carbocycles. The lowest BCUT2D eigenvalue weighted by Crippen LogP contribution is -2.33. The fraction of sp³-hybridized carbons (Fsp3) is 0.200. The third-order valence-electron chi connectivity index (χ3n) is 1.40. The molecule has 0 bridgehead atoms. The lowest BCUT2D eigenvalue weighted by Gasteiger charge is -1.97. The number of nitrogens with one attached hydrogen (secondary N) is 1. The Balaban J connectivity index is 3.06. The largest absolute Gasteiger partial charge is 0.410 e. The minimum atomic E-state index is -1.47. The Kier molecular flexibility index (Phi) is 1.78. The Labute approximate surface area is 66.2 Å². The van der Waals surface area contributed by atoms with Gasteiger partial charge in [0, 0.05) is 0 Å². The van der Waals surface area contributed by atoms with Crippen molar-refractivity contribution in [2.45, 2.75) is 0 Å². The second-order valence-corrected chi connectivity index (χ2v) is 2.14. The molecule has 0 radical (unpaired) electrons. The van der Waals surface area contributed by atoms with Crippen LogP contribution in [0, 0.1) is 5.92 Å². The summed E-state index contributed by atoms with van der Waals surface area (Å²) in [7, 11) is 0. The molecular formula is C5H5N3O4. The number of imide groups is 1. The van der Waals surface area contributed by atoms with Crippen molar-refractivity contribution in [3.8, 4) is 0 Å². The average Bonchev–Trinajstić information content (AvgIpc) is 2.24. The van der Waals surface area contributed by atoms with Crippen molar-refractivity contribution in [2.75, 3.05) is 0 Å². The van der Waals surface area contributed by atoms with Crippen LogP contribution in [0.2, 0.25) is 0 Å². The maximum atomic E-state index is 10.8. The smallest absolute Gasteiger partial charge is 0.277 e. The van der Waals surface area contributed by atoms with Gasteiger partial charge in [-0.05, 0) is 0 Å². The van der Waals surface area contributed by atoms with Crippen molar-refractivity contribution in [2.24, 2.45) is 16.8 Å². The van der Waals surface area contributed by atoms with Crippen molar-refractivity contribution in [3.63, 3.8) is 0 Å². The molecule has 1 fully saturated rings. The summed E-state index contributed by atoms with van der Waals surface area (Å²) in [6, 6.07) is 0. The van der Waals surface area contributed by atoms with Crippen LogP contribution >= 0.6 is 0 Å². The fourth-order valence-electron chi connectivity index (χ4n) is 0.870. The van der Waals surface area contributed by atoms with Gasteiger partial charge in [-0.1, -0.05) is 5.16 Å². The molecule has 1 rings (SSSR count). The molecule has 12 heavy (non-hydrogen) atoms. The SMILES string of the molecule is NC(=O)[C@H]1C(=O)NC(=O)/C1=N\O. The molecule has 3 amide bonds. The molecule has 1 heterocycles. The predicted molar refractivity (Wildman–Crippen MR) is 35.1 cm³/mol. The highest BCUT2D eigenvalue weighted by Gasteiger charge is 2.42. The topological polar surface area (TPSA) is 122 Å². The highest BCUT2D eigenvalue weighted by atomic mass is 16.4. The van der Waals surface area contributed by atoms with Gasteiger partial charge in [-0.25, -0.2) is 0 Å². The lowest BCUT2D eigenvalue weighted by atomic mass is 10.1. The number of nitrogens with zero attached hydrogens (tertiary/aromatic N) is 1. The van der Waals surface area contributed by atoms with Crippen LogP contribution in [-0.2, 0) is 14.4 Å². The van der Waals surface area contributed by atoms with Crippen LogP contribution < -0.4 is 11.1 Å². The standard InChI is InChI=1S/C5H5N3O4/c6-3(9)1-2(8-12)5(11)7-4(1)10/h1,12H,(H2,6,9)(H,7,10,11)/b8-2-/t1-/m0/s1. The molecule has 1 atom stereocenters. The minimum Gasteiger partial charge on any atom is -0.410 e. The molecule has 0 unspecified atom stereocenters. The quantitative estimate of drug-likeness (QED) is 0.176. The number of carbonyl (C=O) groups excluding carboxylic acids is 3. The summed E-state index contributed by atoms with van der Waals surface area (Å²) in [5.74, 6) is -4.25. The maximum Gasteiger partial charge on any atom is 0.277 e. The van der Waals surface area contributed by atoms with Crippen molar-refractivity contribution in [3.05, 3.63) is 0 Å². The average molecular weight is 171 g/mol. The first-order valence-corrected chi connectivity index (χ1v) is 2.94. The third kappa shape index (κ3) is 1.00. The van der Waals surface area contributed by atoms with Crippen LogP contribution in [0.5, 0.6) is 0 Å². The van der Waals surface area contributed by atoms with E-state index >= 15 is 0 Å². The van der Waals surface area contributed by atoms with Crippen molar-refractivity contribution < 1.29 is 19.6 Å². The molecule has 0 aromatic carbocycles. The second kappa shape index (κ2) is 2.61. The van der Waals surface area contributed by atoms with Crippen molar-refractivity contribution in [1.29, 1.82) is 0 Å². The zero-order valence-corrected chi connectivity index (χ0v) is 5.77. The summed E-state index contributed by atoms with van der Waals surface area (Å²) in [6.07, 6.45) is 0. The number of primary amides is 1. The first-order chi connectivity index (χ1) is 5.57. The molecule has 4 N–H and O–H groups in total. The molecule has 7 heteroatoms. The predicted octanol–water partition coefficient (Wildman–Crippen LogP) is -2.43. The highest BCUT2D eigenvalue weighted by molar-refractivity contribution is 6.54. The summed E-state index contributed by atoms with van der Waals surface area (Å²) in [4.78, 5) is 32.0. The molecular weight excluding hydrogens is 166 g/mol. The van der Waals surface area contributed by atoms with E-state index in [4.69, 9.17) is 10.9 Å². The molecule has 0 aliphatic carbocycles. The van der Waals surface area contributed by atoms with E-state index in [9.17, 15) is 14.4 Å². The number of rotatable bonds is 1. The zero-order valence-electron chi connectivity index (χ0n) is 5.77. The van der Waals surface area contributed by atoms with Crippen molar-refractivity contribution in [1.82, 2.24) is 5.32 Å². The molecule has 0 aromatic heterocycles. The Morgan fingerprint density at radius 1 is 1.58 bits per heavy atom. The Morgan fingerprint density at radius 3 is 2.50 bits per heavy atom. The van der Waals surface area contributed by atoms with Gasteiger partial charge in [0.15, 0.2) is 11.6 Å². The summed E-state index contributed by atoms with van der Waals surface area (Å²) in [5.41, 5.74) is 4.21. The first-order valence-electron chi connectivity index (χ1n) is 2.94. The van der Waals surface area contributed by atoms with Gasteiger partial charge in [0.2, 0.25) is 11.8 Å². The van der Waals surface area contributed by atoms with Gasteiger partial charge in [-0.2, -0.15) is 0 Å². The Bertz CT molecular complexity index is 295. The number of hydrogen-bond donors (Lipinski definition) is 3. The fourth-order valence-corrected chi connectivity index (χ4v) is 0.870. The molecule has 0 spiro atoms. The Morgan fingerprint density at radius 2 is 2.17 bits per heavy atom. The molecule has 1 aliphatic heterocycles. The number of carbonyl (C=O) groups is 3. The van der Waals surface area contributed by atoms with Gasteiger partial charge in [0.25, 0.3) is 5.91 Å². The van der Waals surface area contributed by atoms with Crippen LogP contribution in [0.3, 0.4) is 0 Å². The van der Waals surface area contributed by atoms with E-state index in [1.807, 2.05) is 0 Å². The molecule has 7 nitrogen and oxygen atoms in total. The number of oxime groups is 1. The molecule has 64 valence electrons. The molecule has 1 saturated heterocycles. The lowest BCUT2D eigenvalue weighted by molar-refractivity contribution is -0.130.